The Morgan fingerprint density at radius 2 is 1.12 bits per heavy atom. The van der Waals surface area contributed by atoms with Gasteiger partial charge in [0.25, 0.3) is 0 Å². The van der Waals surface area contributed by atoms with Crippen molar-refractivity contribution in [1.82, 2.24) is 0 Å². The van der Waals surface area contributed by atoms with Gasteiger partial charge in [-0.25, -0.2) is 4.39 Å². The molecule has 1 rings (SSSR count). The average molecular weight is 429 g/mol. The number of rotatable bonds is 4. The van der Waals surface area contributed by atoms with E-state index < -0.39 is 75.1 Å². The van der Waals surface area contributed by atoms with Crippen molar-refractivity contribution in [3.63, 3.8) is 0 Å². The summed E-state index contributed by atoms with van der Waals surface area (Å²) < 4.78 is 153. The van der Waals surface area contributed by atoms with Crippen molar-refractivity contribution in [2.45, 2.75) is 41.7 Å². The summed E-state index contributed by atoms with van der Waals surface area (Å²) in [5, 5.41) is -2.34. The molecule has 0 bridgehead atoms. The van der Waals surface area contributed by atoms with Crippen LogP contribution in [0.5, 0.6) is 0 Å². The molecule has 0 spiro atoms. The highest BCUT2D eigenvalue weighted by Gasteiger charge is 2.59. The largest absolute Gasteiger partial charge is 0.470 e. The zero-order valence-electron chi connectivity index (χ0n) is 11.1. The van der Waals surface area contributed by atoms with E-state index in [1.807, 2.05) is 0 Å². The maximum absolute atomic E-state index is 13.0. The van der Waals surface area contributed by atoms with Crippen LogP contribution in [0.2, 0.25) is 0 Å². The van der Waals surface area contributed by atoms with Crippen LogP contribution in [-0.4, -0.2) is 47.7 Å². The van der Waals surface area contributed by atoms with E-state index in [4.69, 9.17) is 0 Å². The first-order chi connectivity index (χ1) is 10.4. The Balaban J connectivity index is 3.70. The number of sulfone groups is 3. The Hall–Kier alpha value is -0.640. The molecule has 2 unspecified atom stereocenters. The van der Waals surface area contributed by atoms with Gasteiger partial charge in [-0.2, -0.15) is 26.3 Å². The topological polar surface area (TPSA) is 102 Å². The molecule has 1 aliphatic rings. The lowest BCUT2D eigenvalue weighted by Crippen LogP contribution is -2.45. The van der Waals surface area contributed by atoms with E-state index >= 15 is 0 Å². The van der Waals surface area contributed by atoms with Gasteiger partial charge in [0, 0.05) is 5.25 Å². The molecule has 0 aromatic carbocycles. The predicted octanol–water partition coefficient (Wildman–Crippen LogP) is 1.61. The summed E-state index contributed by atoms with van der Waals surface area (Å²) in [6.07, 6.45) is -4.47. The molecule has 2 atom stereocenters. The van der Waals surface area contributed by atoms with E-state index in [2.05, 4.69) is 0 Å². The molecule has 0 aromatic rings. The monoisotopic (exact) mass is 429 g/mol. The number of hydrogen-bond donors (Lipinski definition) is 0. The van der Waals surface area contributed by atoms with Crippen LogP contribution in [0.4, 0.5) is 30.7 Å². The maximum atomic E-state index is 13.0. The van der Waals surface area contributed by atoms with E-state index in [0.29, 0.717) is 0 Å². The SMILES string of the molecule is O=S(=O)([C-](S(=O)(=O)C(F)(F)F)S(=O)(=O)C(F)(F)F)C1CCC(F)C1. The fourth-order valence-electron chi connectivity index (χ4n) is 1.94. The molecule has 0 N–H and O–H groups in total. The molecule has 6 nitrogen and oxygen atoms in total. The van der Waals surface area contributed by atoms with Crippen molar-refractivity contribution in [1.29, 1.82) is 0 Å². The molecule has 0 heterocycles. The smallest absolute Gasteiger partial charge is 0.260 e. The molecular weight excluding hydrogens is 421 g/mol. The molecule has 0 saturated heterocycles. The van der Waals surface area contributed by atoms with Crippen LogP contribution >= 0.6 is 0 Å². The van der Waals surface area contributed by atoms with Crippen molar-refractivity contribution in [3.05, 3.63) is 3.91 Å². The van der Waals surface area contributed by atoms with Gasteiger partial charge in [-0.3, -0.25) is 25.3 Å². The average Bonchev–Trinajstić information content (AvgIpc) is 2.72. The van der Waals surface area contributed by atoms with Gasteiger partial charge in [0.15, 0.2) is 19.7 Å². The van der Waals surface area contributed by atoms with Crippen LogP contribution in [0, 0.1) is 3.91 Å². The second kappa shape index (κ2) is 5.96. The number of halogens is 7. The van der Waals surface area contributed by atoms with Gasteiger partial charge in [0.05, 0.1) is 13.8 Å². The second-order valence-electron chi connectivity index (χ2n) is 4.73. The summed E-state index contributed by atoms with van der Waals surface area (Å²) in [5.74, 6) is 0. The maximum Gasteiger partial charge on any atom is 0.470 e. The summed E-state index contributed by atoms with van der Waals surface area (Å²) in [6, 6.07) is 0. The third kappa shape index (κ3) is 3.49. The fourth-order valence-corrected chi connectivity index (χ4v) is 9.06. The minimum atomic E-state index is -7.39. The Morgan fingerprint density at radius 1 is 0.750 bits per heavy atom. The van der Waals surface area contributed by atoms with Gasteiger partial charge in [-0.05, 0) is 19.3 Å². The highest BCUT2D eigenvalue weighted by molar-refractivity contribution is 8.29. The molecule has 1 saturated carbocycles. The Morgan fingerprint density at radius 3 is 1.38 bits per heavy atom. The van der Waals surface area contributed by atoms with Crippen LogP contribution < -0.4 is 0 Å². The number of alkyl halides is 7. The zero-order valence-corrected chi connectivity index (χ0v) is 13.5. The first kappa shape index (κ1) is 21.4. The minimum Gasteiger partial charge on any atom is -0.260 e. The molecule has 24 heavy (non-hydrogen) atoms. The van der Waals surface area contributed by atoms with Gasteiger partial charge in [-0.15, -0.1) is 0 Å². The van der Waals surface area contributed by atoms with Gasteiger partial charge < -0.3 is 0 Å². The normalized spacial score (nSPS) is 24.5. The summed E-state index contributed by atoms with van der Waals surface area (Å²) in [6.45, 7) is 0. The highest BCUT2D eigenvalue weighted by atomic mass is 32.3. The highest BCUT2D eigenvalue weighted by Crippen LogP contribution is 2.46. The molecule has 1 fully saturated rings. The molecule has 144 valence electrons. The van der Waals surface area contributed by atoms with Crippen LogP contribution in [0.15, 0.2) is 0 Å². The van der Waals surface area contributed by atoms with E-state index in [1.54, 1.807) is 0 Å². The fraction of sp³-hybridized carbons (Fsp3) is 0.875. The second-order valence-corrected chi connectivity index (χ2v) is 11.4. The molecule has 0 aromatic heterocycles. The zero-order chi connectivity index (χ0) is 19.4. The predicted molar refractivity (Wildman–Crippen MR) is 64.6 cm³/mol. The van der Waals surface area contributed by atoms with Gasteiger partial charge in [0.1, 0.15) is 6.17 Å². The molecule has 16 heteroatoms. The van der Waals surface area contributed by atoms with Crippen molar-refractivity contribution in [2.75, 3.05) is 0 Å². The van der Waals surface area contributed by atoms with Crippen LogP contribution in [0.25, 0.3) is 0 Å². The van der Waals surface area contributed by atoms with E-state index in [1.165, 1.54) is 0 Å². The quantitative estimate of drug-likeness (QED) is 0.497. The van der Waals surface area contributed by atoms with E-state index in [0.717, 1.165) is 0 Å². The van der Waals surface area contributed by atoms with Gasteiger partial charge in [-0.1, -0.05) is 0 Å². The third-order valence-corrected chi connectivity index (χ3v) is 10.9. The van der Waals surface area contributed by atoms with Crippen molar-refractivity contribution in [3.8, 4) is 0 Å². The summed E-state index contributed by atoms with van der Waals surface area (Å²) in [4.78, 5) is 0. The Bertz CT molecular complexity index is 748. The van der Waals surface area contributed by atoms with Crippen LogP contribution in [0.3, 0.4) is 0 Å². The standard InChI is InChI=1S/C8H8F7O6S3/c9-4-1-2-5(3-4)22(16,17)6(23(18,19)7(10,11)12)24(20,21)8(13,14)15/h4-5H,1-3H2/q-1. The summed E-state index contributed by atoms with van der Waals surface area (Å²) in [7, 11) is -20.9. The van der Waals surface area contributed by atoms with E-state index in [-0.39, 0.29) is 0 Å². The van der Waals surface area contributed by atoms with E-state index in [9.17, 15) is 56.0 Å². The first-order valence-corrected chi connectivity index (χ1v) is 10.3. The first-order valence-electron chi connectivity index (χ1n) is 5.74. The van der Waals surface area contributed by atoms with Crippen molar-refractivity contribution in [2.24, 2.45) is 0 Å². The van der Waals surface area contributed by atoms with Crippen LogP contribution in [-0.2, 0) is 29.5 Å². The van der Waals surface area contributed by atoms with Crippen molar-refractivity contribution >= 4 is 29.5 Å². The molecular formula is C8H8F7O6S3-. The lowest BCUT2D eigenvalue weighted by Gasteiger charge is -2.33. The Labute approximate surface area is 131 Å². The van der Waals surface area contributed by atoms with Crippen LogP contribution in [0.1, 0.15) is 19.3 Å². The minimum absolute atomic E-state index is 0.588. The summed E-state index contributed by atoms with van der Waals surface area (Å²) in [5.41, 5.74) is -13.2. The molecule has 0 radical (unpaired) electrons. The van der Waals surface area contributed by atoms with Gasteiger partial charge in [0.2, 0.25) is 0 Å². The third-order valence-electron chi connectivity index (χ3n) is 3.04. The molecule has 1 aliphatic carbocycles. The lowest BCUT2D eigenvalue weighted by atomic mass is 10.3. The Kier molecular flexibility index (Phi) is 5.32. The van der Waals surface area contributed by atoms with Gasteiger partial charge >= 0.3 is 11.0 Å². The molecule has 0 aliphatic heterocycles. The summed E-state index contributed by atoms with van der Waals surface area (Å²) >= 11 is 0. The molecule has 0 amide bonds. The van der Waals surface area contributed by atoms with Crippen molar-refractivity contribution < 1.29 is 56.0 Å². The number of hydrogen-bond acceptors (Lipinski definition) is 6. The lowest BCUT2D eigenvalue weighted by molar-refractivity contribution is -0.0449.